The lowest BCUT2D eigenvalue weighted by Gasteiger charge is -2.09. The Labute approximate surface area is 114 Å². The van der Waals surface area contributed by atoms with Crippen LogP contribution in [0.4, 0.5) is 0 Å². The maximum Gasteiger partial charge on any atom is 0.0705 e. The predicted octanol–water partition coefficient (Wildman–Crippen LogP) is 2.79. The Kier molecular flexibility index (Phi) is 5.07. The molecule has 0 spiro atoms. The molecule has 0 fully saturated rings. The van der Waals surface area contributed by atoms with E-state index in [1.165, 1.54) is 5.56 Å². The molecule has 0 radical (unpaired) electrons. The third-order valence-corrected chi connectivity index (χ3v) is 3.06. The minimum Gasteiger partial charge on any atom is -0.383 e. The van der Waals surface area contributed by atoms with Gasteiger partial charge in [0.15, 0.2) is 0 Å². The Bertz CT molecular complexity index is 511. The zero-order valence-corrected chi connectivity index (χ0v) is 11.5. The topological polar surface area (TPSA) is 34.1 Å². The highest BCUT2D eigenvalue weighted by atomic mass is 16.5. The molecule has 1 aromatic carbocycles. The molecule has 0 unspecified atom stereocenters. The van der Waals surface area contributed by atoms with Crippen LogP contribution < -0.4 is 5.32 Å². The smallest absolute Gasteiger partial charge is 0.0705 e. The number of nitrogens with zero attached hydrogens (tertiary/aromatic N) is 1. The zero-order chi connectivity index (χ0) is 13.5. The van der Waals surface area contributed by atoms with Gasteiger partial charge in [0, 0.05) is 31.5 Å². The van der Waals surface area contributed by atoms with E-state index in [4.69, 9.17) is 4.74 Å². The largest absolute Gasteiger partial charge is 0.383 e. The summed E-state index contributed by atoms with van der Waals surface area (Å²) >= 11 is 0. The first-order chi connectivity index (χ1) is 9.31. The van der Waals surface area contributed by atoms with E-state index in [0.717, 1.165) is 36.6 Å². The average molecular weight is 256 g/mol. The van der Waals surface area contributed by atoms with Crippen molar-refractivity contribution >= 4 is 0 Å². The fourth-order valence-electron chi connectivity index (χ4n) is 1.94. The Morgan fingerprint density at radius 3 is 2.58 bits per heavy atom. The highest BCUT2D eigenvalue weighted by molar-refractivity contribution is 5.59. The first-order valence-corrected chi connectivity index (χ1v) is 6.53. The molecular weight excluding hydrogens is 236 g/mol. The molecule has 0 aliphatic rings. The minimum absolute atomic E-state index is 0.731. The third-order valence-electron chi connectivity index (χ3n) is 3.06. The summed E-state index contributed by atoms with van der Waals surface area (Å²) in [5, 5.41) is 3.34. The van der Waals surface area contributed by atoms with Gasteiger partial charge in [0.1, 0.15) is 0 Å². The van der Waals surface area contributed by atoms with Crippen molar-refractivity contribution in [1.29, 1.82) is 0 Å². The van der Waals surface area contributed by atoms with Crippen LogP contribution in [0.15, 0.2) is 42.5 Å². The van der Waals surface area contributed by atoms with Crippen LogP contribution in [-0.4, -0.2) is 25.2 Å². The van der Waals surface area contributed by atoms with Crippen molar-refractivity contribution < 1.29 is 4.74 Å². The molecule has 0 saturated carbocycles. The number of benzene rings is 1. The molecule has 0 aliphatic carbocycles. The van der Waals surface area contributed by atoms with Crippen molar-refractivity contribution in [2.24, 2.45) is 0 Å². The number of aromatic nitrogens is 1. The van der Waals surface area contributed by atoms with E-state index >= 15 is 0 Å². The number of aryl methyl sites for hydroxylation is 1. The summed E-state index contributed by atoms with van der Waals surface area (Å²) in [5.74, 6) is 0. The molecule has 1 aromatic heterocycles. The maximum absolute atomic E-state index is 5.01. The number of hydrogen-bond acceptors (Lipinski definition) is 3. The van der Waals surface area contributed by atoms with Crippen molar-refractivity contribution in [3.63, 3.8) is 0 Å². The van der Waals surface area contributed by atoms with E-state index in [1.54, 1.807) is 7.11 Å². The first kappa shape index (κ1) is 13.7. The summed E-state index contributed by atoms with van der Waals surface area (Å²) in [5.41, 5.74) is 4.49. The van der Waals surface area contributed by atoms with Crippen LogP contribution in [0.25, 0.3) is 11.3 Å². The van der Waals surface area contributed by atoms with E-state index in [2.05, 4.69) is 41.5 Å². The van der Waals surface area contributed by atoms with Gasteiger partial charge in [-0.3, -0.25) is 4.98 Å². The molecule has 0 aliphatic heterocycles. The van der Waals surface area contributed by atoms with Crippen LogP contribution in [0.1, 0.15) is 11.3 Å². The van der Waals surface area contributed by atoms with Gasteiger partial charge in [-0.05, 0) is 18.6 Å². The second kappa shape index (κ2) is 7.02. The molecule has 3 heteroatoms. The Hall–Kier alpha value is -1.71. The van der Waals surface area contributed by atoms with Crippen LogP contribution >= 0.6 is 0 Å². The molecule has 100 valence electrons. The number of ether oxygens (including phenoxy) is 1. The van der Waals surface area contributed by atoms with Gasteiger partial charge in [0.2, 0.25) is 0 Å². The number of hydrogen-bond donors (Lipinski definition) is 1. The van der Waals surface area contributed by atoms with E-state index in [9.17, 15) is 0 Å². The summed E-state index contributed by atoms with van der Waals surface area (Å²) in [7, 11) is 1.71. The molecule has 0 atom stereocenters. The third kappa shape index (κ3) is 3.88. The van der Waals surface area contributed by atoms with Crippen LogP contribution in [0, 0.1) is 6.92 Å². The molecule has 0 amide bonds. The molecule has 0 bridgehead atoms. The number of rotatable bonds is 6. The van der Waals surface area contributed by atoms with E-state index in [0.29, 0.717) is 0 Å². The summed E-state index contributed by atoms with van der Waals surface area (Å²) in [6.07, 6.45) is 0. The van der Waals surface area contributed by atoms with E-state index in [1.807, 2.05) is 18.2 Å². The van der Waals surface area contributed by atoms with Crippen molar-refractivity contribution in [2.45, 2.75) is 13.5 Å². The van der Waals surface area contributed by atoms with Gasteiger partial charge in [-0.1, -0.05) is 36.4 Å². The van der Waals surface area contributed by atoms with Gasteiger partial charge < -0.3 is 10.1 Å². The number of nitrogens with one attached hydrogen (secondary N) is 1. The highest BCUT2D eigenvalue weighted by Gasteiger charge is 2.03. The fourth-order valence-corrected chi connectivity index (χ4v) is 1.94. The van der Waals surface area contributed by atoms with Crippen molar-refractivity contribution in [2.75, 3.05) is 20.3 Å². The van der Waals surface area contributed by atoms with Crippen LogP contribution in [0.2, 0.25) is 0 Å². The average Bonchev–Trinajstić information content (AvgIpc) is 2.46. The summed E-state index contributed by atoms with van der Waals surface area (Å²) in [6, 6.07) is 14.5. The lowest BCUT2D eigenvalue weighted by atomic mass is 10.1. The lowest BCUT2D eigenvalue weighted by molar-refractivity contribution is 0.199. The molecule has 1 N–H and O–H groups in total. The standard InChI is InChI=1S/C16H20N2O/c1-13-15(12-17-10-11-19-2)8-9-16(18-13)14-6-4-3-5-7-14/h3-9,17H,10-12H2,1-2H3. The van der Waals surface area contributed by atoms with Crippen molar-refractivity contribution in [3.8, 4) is 11.3 Å². The Morgan fingerprint density at radius 2 is 1.89 bits per heavy atom. The molecule has 3 nitrogen and oxygen atoms in total. The van der Waals surface area contributed by atoms with Gasteiger partial charge in [-0.25, -0.2) is 0 Å². The monoisotopic (exact) mass is 256 g/mol. The zero-order valence-electron chi connectivity index (χ0n) is 11.5. The molecular formula is C16H20N2O. The van der Waals surface area contributed by atoms with Crippen molar-refractivity contribution in [1.82, 2.24) is 10.3 Å². The summed E-state index contributed by atoms with van der Waals surface area (Å²) in [6.45, 7) is 4.47. The molecule has 1 heterocycles. The SMILES string of the molecule is COCCNCc1ccc(-c2ccccc2)nc1C. The highest BCUT2D eigenvalue weighted by Crippen LogP contribution is 2.18. The Balaban J connectivity index is 2.05. The second-order valence-electron chi connectivity index (χ2n) is 4.48. The maximum atomic E-state index is 5.01. The Morgan fingerprint density at radius 1 is 1.11 bits per heavy atom. The lowest BCUT2D eigenvalue weighted by Crippen LogP contribution is -2.19. The summed E-state index contributed by atoms with van der Waals surface area (Å²) < 4.78 is 5.01. The number of methoxy groups -OCH3 is 1. The second-order valence-corrected chi connectivity index (χ2v) is 4.48. The van der Waals surface area contributed by atoms with Crippen LogP contribution in [0.5, 0.6) is 0 Å². The normalized spacial score (nSPS) is 10.6. The van der Waals surface area contributed by atoms with Gasteiger partial charge in [0.25, 0.3) is 0 Å². The quantitative estimate of drug-likeness (QED) is 0.807. The van der Waals surface area contributed by atoms with Crippen molar-refractivity contribution in [3.05, 3.63) is 53.7 Å². The van der Waals surface area contributed by atoms with E-state index < -0.39 is 0 Å². The van der Waals surface area contributed by atoms with Gasteiger partial charge in [-0.15, -0.1) is 0 Å². The van der Waals surface area contributed by atoms with Crippen LogP contribution in [0.3, 0.4) is 0 Å². The van der Waals surface area contributed by atoms with Gasteiger partial charge >= 0.3 is 0 Å². The molecule has 19 heavy (non-hydrogen) atoms. The fraction of sp³-hybridized carbons (Fsp3) is 0.312. The van der Waals surface area contributed by atoms with E-state index in [-0.39, 0.29) is 0 Å². The molecule has 0 saturated heterocycles. The molecule has 2 rings (SSSR count). The first-order valence-electron chi connectivity index (χ1n) is 6.53. The van der Waals surface area contributed by atoms with Gasteiger partial charge in [-0.2, -0.15) is 0 Å². The predicted molar refractivity (Wildman–Crippen MR) is 78.0 cm³/mol. The molecule has 2 aromatic rings. The van der Waals surface area contributed by atoms with Crippen LogP contribution in [-0.2, 0) is 11.3 Å². The minimum atomic E-state index is 0.731. The van der Waals surface area contributed by atoms with Gasteiger partial charge in [0.05, 0.1) is 12.3 Å². The summed E-state index contributed by atoms with van der Waals surface area (Å²) in [4.78, 5) is 4.67. The number of pyridine rings is 1.